The molecule has 1 saturated heterocycles. The van der Waals surface area contributed by atoms with Crippen molar-refractivity contribution in [1.82, 2.24) is 9.47 Å². The summed E-state index contributed by atoms with van der Waals surface area (Å²) < 4.78 is 13.0. The van der Waals surface area contributed by atoms with Gasteiger partial charge in [-0.15, -0.1) is 0 Å². The molecule has 2 aliphatic rings. The average Bonchev–Trinajstić information content (AvgIpc) is 3.44. The van der Waals surface area contributed by atoms with Crippen molar-refractivity contribution < 1.29 is 19.1 Å². The van der Waals surface area contributed by atoms with Crippen LogP contribution in [0.25, 0.3) is 11.8 Å². The zero-order valence-corrected chi connectivity index (χ0v) is 20.3. The molecule has 1 aromatic carbocycles. The van der Waals surface area contributed by atoms with Crippen LogP contribution in [-0.2, 0) is 19.1 Å². The minimum atomic E-state index is -0.495. The first-order valence-electron chi connectivity index (χ1n) is 11.4. The fraction of sp³-hybridized carbons (Fsp3) is 0.407. The van der Waals surface area contributed by atoms with Crippen LogP contribution in [0, 0.1) is 27.7 Å². The monoisotopic (exact) mass is 448 g/mol. The Morgan fingerprint density at radius 3 is 2.48 bits per heavy atom. The first kappa shape index (κ1) is 23.1. The molecule has 0 spiro atoms. The standard InChI is InChI=1S/C27H32N2O4/c1-16-9-7-10-17(2)25(16)29-18(3)13-21(19(29)4)14-23-24(27(31)32-6)20(5)28(26(23)30)15-22-11-8-12-33-22/h7,9-10,13-14,22H,8,11-12,15H2,1-6H3/b23-14-/t22-/m0/s1. The van der Waals surface area contributed by atoms with E-state index in [9.17, 15) is 9.59 Å². The fourth-order valence-electron chi connectivity index (χ4n) is 5.03. The van der Waals surface area contributed by atoms with Crippen LogP contribution < -0.4 is 0 Å². The molecule has 1 atom stereocenters. The molecule has 0 N–H and O–H groups in total. The van der Waals surface area contributed by atoms with Crippen molar-refractivity contribution in [3.05, 3.63) is 69.2 Å². The zero-order valence-electron chi connectivity index (χ0n) is 20.3. The lowest BCUT2D eigenvalue weighted by atomic mass is 10.0. The summed E-state index contributed by atoms with van der Waals surface area (Å²) in [6.45, 7) is 11.3. The van der Waals surface area contributed by atoms with Crippen LogP contribution in [0.15, 0.2) is 41.1 Å². The molecule has 0 saturated carbocycles. The molecule has 4 rings (SSSR count). The smallest absolute Gasteiger partial charge is 0.340 e. The molecule has 1 fully saturated rings. The van der Waals surface area contributed by atoms with E-state index in [1.54, 1.807) is 11.8 Å². The maximum Gasteiger partial charge on any atom is 0.340 e. The Balaban J connectivity index is 1.79. The number of allylic oxidation sites excluding steroid dienone is 1. The van der Waals surface area contributed by atoms with Gasteiger partial charge >= 0.3 is 5.97 Å². The van der Waals surface area contributed by atoms with Gasteiger partial charge in [-0.1, -0.05) is 18.2 Å². The number of benzene rings is 1. The number of hydrogen-bond donors (Lipinski definition) is 0. The van der Waals surface area contributed by atoms with Crippen LogP contribution in [0.2, 0.25) is 0 Å². The van der Waals surface area contributed by atoms with Crippen molar-refractivity contribution >= 4 is 18.0 Å². The molecule has 2 aliphatic heterocycles. The predicted molar refractivity (Wildman–Crippen MR) is 128 cm³/mol. The number of rotatable bonds is 5. The summed E-state index contributed by atoms with van der Waals surface area (Å²) in [4.78, 5) is 27.8. The van der Waals surface area contributed by atoms with E-state index in [-0.39, 0.29) is 12.0 Å². The van der Waals surface area contributed by atoms with Gasteiger partial charge in [-0.05, 0) is 76.3 Å². The maximum absolute atomic E-state index is 13.5. The first-order chi connectivity index (χ1) is 15.7. The third kappa shape index (κ3) is 4.04. The molecule has 2 aromatic rings. The van der Waals surface area contributed by atoms with Gasteiger partial charge in [0.25, 0.3) is 5.91 Å². The van der Waals surface area contributed by atoms with Gasteiger partial charge in [-0.25, -0.2) is 4.79 Å². The van der Waals surface area contributed by atoms with Crippen LogP contribution in [-0.4, -0.2) is 47.7 Å². The molecule has 6 nitrogen and oxygen atoms in total. The third-order valence-corrected chi connectivity index (χ3v) is 6.74. The lowest BCUT2D eigenvalue weighted by Crippen LogP contribution is -2.33. The molecule has 6 heteroatoms. The summed E-state index contributed by atoms with van der Waals surface area (Å²) in [6.07, 6.45) is 3.74. The second-order valence-corrected chi connectivity index (χ2v) is 8.96. The second-order valence-electron chi connectivity index (χ2n) is 8.96. The lowest BCUT2D eigenvalue weighted by Gasteiger charge is -2.21. The highest BCUT2D eigenvalue weighted by molar-refractivity contribution is 6.16. The number of ether oxygens (including phenoxy) is 2. The molecule has 174 valence electrons. The zero-order chi connectivity index (χ0) is 23.9. The van der Waals surface area contributed by atoms with Crippen molar-refractivity contribution in [3.63, 3.8) is 0 Å². The number of hydrogen-bond acceptors (Lipinski definition) is 4. The highest BCUT2D eigenvalue weighted by Crippen LogP contribution is 2.34. The van der Waals surface area contributed by atoms with E-state index in [4.69, 9.17) is 9.47 Å². The Hall–Kier alpha value is -3.12. The molecular weight excluding hydrogens is 416 g/mol. The number of amides is 1. The van der Waals surface area contributed by atoms with E-state index >= 15 is 0 Å². The van der Waals surface area contributed by atoms with Crippen molar-refractivity contribution in [1.29, 1.82) is 0 Å². The van der Waals surface area contributed by atoms with Gasteiger partial charge in [-0.2, -0.15) is 0 Å². The summed E-state index contributed by atoms with van der Waals surface area (Å²) in [5.41, 5.74) is 7.84. The topological polar surface area (TPSA) is 60.8 Å². The van der Waals surface area contributed by atoms with E-state index in [2.05, 4.69) is 49.6 Å². The molecule has 1 amide bonds. The molecule has 1 aromatic heterocycles. The number of carbonyl (C=O) groups is 2. The summed E-state index contributed by atoms with van der Waals surface area (Å²) in [5.74, 6) is -0.675. The van der Waals surface area contributed by atoms with Gasteiger partial charge in [-0.3, -0.25) is 4.79 Å². The number of nitrogens with zero attached hydrogens (tertiary/aromatic N) is 2. The largest absolute Gasteiger partial charge is 0.465 e. The van der Waals surface area contributed by atoms with Crippen LogP contribution in [0.4, 0.5) is 0 Å². The van der Waals surface area contributed by atoms with E-state index in [0.717, 1.165) is 35.5 Å². The quantitative estimate of drug-likeness (QED) is 0.497. The number of para-hydroxylation sites is 1. The van der Waals surface area contributed by atoms with Crippen molar-refractivity contribution in [3.8, 4) is 5.69 Å². The minimum Gasteiger partial charge on any atom is -0.465 e. The van der Waals surface area contributed by atoms with Crippen LogP contribution in [0.3, 0.4) is 0 Å². The van der Waals surface area contributed by atoms with E-state index in [0.29, 0.717) is 30.0 Å². The Labute approximate surface area is 195 Å². The van der Waals surface area contributed by atoms with Gasteiger partial charge in [0, 0.05) is 23.7 Å². The molecule has 0 radical (unpaired) electrons. The highest BCUT2D eigenvalue weighted by atomic mass is 16.5. The Morgan fingerprint density at radius 2 is 1.88 bits per heavy atom. The summed E-state index contributed by atoms with van der Waals surface area (Å²) >= 11 is 0. The summed E-state index contributed by atoms with van der Waals surface area (Å²) in [5, 5.41) is 0. The van der Waals surface area contributed by atoms with E-state index in [1.165, 1.54) is 18.2 Å². The molecule has 0 unspecified atom stereocenters. The maximum atomic E-state index is 13.5. The number of aryl methyl sites for hydroxylation is 3. The second kappa shape index (κ2) is 9.02. The summed E-state index contributed by atoms with van der Waals surface area (Å²) in [6, 6.07) is 8.32. The average molecular weight is 449 g/mol. The minimum absolute atomic E-state index is 0.00348. The SMILES string of the molecule is COC(=O)C1=C(C)N(C[C@@H]2CCCO2)C(=O)/C1=C\c1cc(C)n(-c2c(C)cccc2C)c1C. The normalized spacial score (nSPS) is 19.8. The Kier molecular flexibility index (Phi) is 6.30. The summed E-state index contributed by atoms with van der Waals surface area (Å²) in [7, 11) is 1.35. The Bertz CT molecular complexity index is 1160. The number of carbonyl (C=O) groups excluding carboxylic acids is 2. The van der Waals surface area contributed by atoms with Gasteiger partial charge in [0.15, 0.2) is 0 Å². The van der Waals surface area contributed by atoms with Crippen molar-refractivity contribution in [2.45, 2.75) is 53.6 Å². The van der Waals surface area contributed by atoms with E-state index < -0.39 is 5.97 Å². The molecular formula is C27H32N2O4. The molecule has 0 bridgehead atoms. The van der Waals surface area contributed by atoms with Crippen LogP contribution in [0.1, 0.15) is 47.8 Å². The molecule has 0 aliphatic carbocycles. The number of aromatic nitrogens is 1. The van der Waals surface area contributed by atoms with Gasteiger partial charge in [0.2, 0.25) is 0 Å². The van der Waals surface area contributed by atoms with Gasteiger partial charge in [0.1, 0.15) is 0 Å². The lowest BCUT2D eigenvalue weighted by molar-refractivity contribution is -0.136. The van der Waals surface area contributed by atoms with Crippen molar-refractivity contribution in [2.75, 3.05) is 20.3 Å². The predicted octanol–water partition coefficient (Wildman–Crippen LogP) is 4.56. The van der Waals surface area contributed by atoms with Gasteiger partial charge < -0.3 is 18.9 Å². The highest BCUT2D eigenvalue weighted by Gasteiger charge is 2.38. The van der Waals surface area contributed by atoms with Crippen LogP contribution in [0.5, 0.6) is 0 Å². The van der Waals surface area contributed by atoms with Crippen LogP contribution >= 0.6 is 0 Å². The molecule has 33 heavy (non-hydrogen) atoms. The molecule has 3 heterocycles. The van der Waals surface area contributed by atoms with Gasteiger partial charge in [0.05, 0.1) is 36.6 Å². The first-order valence-corrected chi connectivity index (χ1v) is 11.4. The fourth-order valence-corrected chi connectivity index (χ4v) is 5.03. The number of esters is 1. The third-order valence-electron chi connectivity index (χ3n) is 6.74. The van der Waals surface area contributed by atoms with E-state index in [1.807, 2.05) is 13.0 Å². The van der Waals surface area contributed by atoms with Crippen molar-refractivity contribution in [2.24, 2.45) is 0 Å². The number of methoxy groups -OCH3 is 1. The Morgan fingerprint density at radius 1 is 1.18 bits per heavy atom.